The normalized spacial score (nSPS) is 12.8. The Hall–Kier alpha value is -1.77. The fourth-order valence-corrected chi connectivity index (χ4v) is 2.87. The first-order valence-corrected chi connectivity index (χ1v) is 7.51. The molecule has 21 heavy (non-hydrogen) atoms. The van der Waals surface area contributed by atoms with Crippen LogP contribution in [0.2, 0.25) is 5.02 Å². The number of nitrogens with two attached hydrogens (primary N) is 1. The molecule has 0 aliphatic heterocycles. The smallest absolute Gasteiger partial charge is 0.134 e. The monoisotopic (exact) mass is 299 g/mol. The second-order valence-corrected chi connectivity index (χ2v) is 5.68. The van der Waals surface area contributed by atoms with Crippen molar-refractivity contribution in [1.29, 1.82) is 0 Å². The van der Waals surface area contributed by atoms with Crippen LogP contribution < -0.4 is 5.73 Å². The minimum Gasteiger partial charge on any atom is -0.461 e. The van der Waals surface area contributed by atoms with Gasteiger partial charge in [0.15, 0.2) is 0 Å². The van der Waals surface area contributed by atoms with Gasteiger partial charge in [-0.05, 0) is 30.2 Å². The van der Waals surface area contributed by atoms with Crippen LogP contribution >= 0.6 is 11.6 Å². The highest BCUT2D eigenvalue weighted by Gasteiger charge is 2.20. The summed E-state index contributed by atoms with van der Waals surface area (Å²) >= 11 is 6.10. The van der Waals surface area contributed by atoms with E-state index >= 15 is 0 Å². The third-order valence-electron chi connectivity index (χ3n) is 3.88. The summed E-state index contributed by atoms with van der Waals surface area (Å²) in [4.78, 5) is 0. The average Bonchev–Trinajstić information content (AvgIpc) is 2.87. The third-order valence-corrected chi connectivity index (χ3v) is 4.31. The number of furan rings is 1. The summed E-state index contributed by atoms with van der Waals surface area (Å²) in [5.74, 6) is 0.955. The quantitative estimate of drug-likeness (QED) is 0.738. The van der Waals surface area contributed by atoms with Gasteiger partial charge >= 0.3 is 0 Å². The molecular formula is C18H18ClNO. The summed E-state index contributed by atoms with van der Waals surface area (Å²) in [7, 11) is 0. The van der Waals surface area contributed by atoms with Crippen LogP contribution in [0, 0.1) is 6.92 Å². The molecular weight excluding hydrogens is 282 g/mol. The Bertz CT molecular complexity index is 791. The molecule has 0 radical (unpaired) electrons. The van der Waals surface area contributed by atoms with E-state index in [9.17, 15) is 0 Å². The lowest BCUT2D eigenvalue weighted by molar-refractivity contribution is 0.546. The van der Waals surface area contributed by atoms with Gasteiger partial charge in [-0.15, -0.1) is 0 Å². The second-order valence-electron chi connectivity index (χ2n) is 5.27. The van der Waals surface area contributed by atoms with Crippen LogP contribution in [-0.2, 0) is 6.42 Å². The fraction of sp³-hybridized carbons (Fsp3) is 0.222. The van der Waals surface area contributed by atoms with Crippen molar-refractivity contribution < 1.29 is 4.42 Å². The fourth-order valence-electron chi connectivity index (χ4n) is 2.75. The summed E-state index contributed by atoms with van der Waals surface area (Å²) in [6.45, 7) is 4.08. The second kappa shape index (κ2) is 5.55. The molecule has 2 aromatic carbocycles. The van der Waals surface area contributed by atoms with Gasteiger partial charge < -0.3 is 10.2 Å². The zero-order chi connectivity index (χ0) is 15.0. The van der Waals surface area contributed by atoms with Crippen LogP contribution in [-0.4, -0.2) is 0 Å². The number of rotatable bonds is 3. The summed E-state index contributed by atoms with van der Waals surface area (Å²) in [6, 6.07) is 13.8. The Morgan fingerprint density at radius 1 is 1.19 bits per heavy atom. The molecule has 0 amide bonds. The first-order chi connectivity index (χ1) is 10.1. The Balaban J connectivity index is 2.16. The molecule has 2 nitrogen and oxygen atoms in total. The molecule has 3 aromatic rings. The number of hydrogen-bond acceptors (Lipinski definition) is 2. The van der Waals surface area contributed by atoms with E-state index in [2.05, 4.69) is 13.0 Å². The minimum atomic E-state index is -0.209. The van der Waals surface area contributed by atoms with Crippen LogP contribution in [0.5, 0.6) is 0 Å². The third kappa shape index (κ3) is 2.45. The zero-order valence-corrected chi connectivity index (χ0v) is 12.9. The van der Waals surface area contributed by atoms with Gasteiger partial charge in [0.2, 0.25) is 0 Å². The van der Waals surface area contributed by atoms with E-state index in [1.54, 1.807) is 0 Å². The summed E-state index contributed by atoms with van der Waals surface area (Å²) in [5.41, 5.74) is 10.6. The highest BCUT2D eigenvalue weighted by molar-refractivity contribution is 6.31. The lowest BCUT2D eigenvalue weighted by Crippen LogP contribution is -2.13. The molecule has 0 spiro atoms. The zero-order valence-electron chi connectivity index (χ0n) is 12.2. The average molecular weight is 300 g/mol. The van der Waals surface area contributed by atoms with E-state index in [0.717, 1.165) is 44.9 Å². The predicted molar refractivity (Wildman–Crippen MR) is 87.8 cm³/mol. The molecule has 1 unspecified atom stereocenters. The molecule has 0 bridgehead atoms. The maximum absolute atomic E-state index is 6.52. The standard InChI is InChI=1S/C18H18ClNO/c1-3-15-17(13-6-4-5-7-16(13)21-15)18(20)12-8-9-14(19)11(2)10-12/h4-10,18H,3,20H2,1-2H3. The van der Waals surface area contributed by atoms with Crippen molar-refractivity contribution in [1.82, 2.24) is 0 Å². The number of hydrogen-bond donors (Lipinski definition) is 1. The first kappa shape index (κ1) is 14.2. The molecule has 2 N–H and O–H groups in total. The maximum atomic E-state index is 6.52. The van der Waals surface area contributed by atoms with Gasteiger partial charge in [0.25, 0.3) is 0 Å². The van der Waals surface area contributed by atoms with Gasteiger partial charge in [0.05, 0.1) is 6.04 Å². The van der Waals surface area contributed by atoms with Crippen molar-refractivity contribution in [2.75, 3.05) is 0 Å². The molecule has 3 heteroatoms. The Labute approximate surface area is 129 Å². The van der Waals surface area contributed by atoms with Crippen molar-refractivity contribution in [3.8, 4) is 0 Å². The Morgan fingerprint density at radius 3 is 2.67 bits per heavy atom. The number of aryl methyl sites for hydroxylation is 2. The molecule has 1 aromatic heterocycles. The molecule has 0 fully saturated rings. The SMILES string of the molecule is CCc1oc2ccccc2c1C(N)c1ccc(Cl)c(C)c1. The highest BCUT2D eigenvalue weighted by atomic mass is 35.5. The molecule has 0 aliphatic rings. The molecule has 1 heterocycles. The predicted octanol–water partition coefficient (Wildman–Crippen LogP) is 5.01. The maximum Gasteiger partial charge on any atom is 0.134 e. The van der Waals surface area contributed by atoms with E-state index < -0.39 is 0 Å². The van der Waals surface area contributed by atoms with E-state index in [1.807, 2.05) is 43.3 Å². The first-order valence-electron chi connectivity index (χ1n) is 7.13. The number of benzene rings is 2. The van der Waals surface area contributed by atoms with E-state index in [0.29, 0.717) is 0 Å². The van der Waals surface area contributed by atoms with Crippen molar-refractivity contribution in [3.63, 3.8) is 0 Å². The van der Waals surface area contributed by atoms with Gasteiger partial charge in [0, 0.05) is 22.4 Å². The van der Waals surface area contributed by atoms with Crippen molar-refractivity contribution in [2.24, 2.45) is 5.73 Å². The lowest BCUT2D eigenvalue weighted by Gasteiger charge is -2.14. The van der Waals surface area contributed by atoms with Crippen molar-refractivity contribution in [3.05, 3.63) is 69.9 Å². The molecule has 1 atom stereocenters. The van der Waals surface area contributed by atoms with Crippen molar-refractivity contribution >= 4 is 22.6 Å². The van der Waals surface area contributed by atoms with E-state index in [-0.39, 0.29) is 6.04 Å². The summed E-state index contributed by atoms with van der Waals surface area (Å²) < 4.78 is 5.94. The Morgan fingerprint density at radius 2 is 1.95 bits per heavy atom. The van der Waals surface area contributed by atoms with Gasteiger partial charge in [0.1, 0.15) is 11.3 Å². The molecule has 0 aliphatic carbocycles. The van der Waals surface area contributed by atoms with Crippen LogP contribution in [0.15, 0.2) is 46.9 Å². The lowest BCUT2D eigenvalue weighted by atomic mass is 9.95. The van der Waals surface area contributed by atoms with Gasteiger partial charge in [-0.2, -0.15) is 0 Å². The number of para-hydroxylation sites is 1. The van der Waals surface area contributed by atoms with E-state index in [4.69, 9.17) is 21.8 Å². The highest BCUT2D eigenvalue weighted by Crippen LogP contribution is 2.34. The largest absolute Gasteiger partial charge is 0.461 e. The van der Waals surface area contributed by atoms with Crippen LogP contribution in [0.3, 0.4) is 0 Å². The molecule has 0 saturated carbocycles. The minimum absolute atomic E-state index is 0.209. The van der Waals surface area contributed by atoms with Crippen LogP contribution in [0.25, 0.3) is 11.0 Å². The van der Waals surface area contributed by atoms with E-state index in [1.165, 1.54) is 0 Å². The molecule has 108 valence electrons. The molecule has 3 rings (SSSR count). The van der Waals surface area contributed by atoms with Gasteiger partial charge in [-0.25, -0.2) is 0 Å². The summed E-state index contributed by atoms with van der Waals surface area (Å²) in [5, 5.41) is 1.85. The topological polar surface area (TPSA) is 39.2 Å². The number of fused-ring (bicyclic) bond motifs is 1. The van der Waals surface area contributed by atoms with Crippen molar-refractivity contribution in [2.45, 2.75) is 26.3 Å². The van der Waals surface area contributed by atoms with Crippen LogP contribution in [0.4, 0.5) is 0 Å². The number of halogens is 1. The Kier molecular flexibility index (Phi) is 3.75. The molecule has 0 saturated heterocycles. The van der Waals surface area contributed by atoms with Gasteiger partial charge in [-0.1, -0.05) is 48.9 Å². The van der Waals surface area contributed by atoms with Gasteiger partial charge in [-0.3, -0.25) is 0 Å². The van der Waals surface area contributed by atoms with Crippen LogP contribution in [0.1, 0.15) is 35.4 Å². The summed E-state index contributed by atoms with van der Waals surface area (Å²) in [6.07, 6.45) is 0.824.